The highest BCUT2D eigenvalue weighted by Gasteiger charge is 2.19. The number of piperidine rings is 1. The third kappa shape index (κ3) is 21.3. The number of ketones is 1. The zero-order valence-corrected chi connectivity index (χ0v) is 26.5. The number of hydrogen-bond donors (Lipinski definition) is 4. The van der Waals surface area contributed by atoms with Crippen molar-refractivity contribution in [3.8, 4) is 0 Å². The van der Waals surface area contributed by atoms with Gasteiger partial charge in [-0.05, 0) is 71.8 Å². The molecule has 1 saturated heterocycles. The Balaban J connectivity index is 0.000000626. The van der Waals surface area contributed by atoms with Gasteiger partial charge in [0.1, 0.15) is 0 Å². The second-order valence-corrected chi connectivity index (χ2v) is 10.4. The number of carbonyl (C=O) groups excluding carboxylic acids is 5. The number of pyridine rings is 1. The van der Waals surface area contributed by atoms with Gasteiger partial charge in [-0.15, -0.1) is 0 Å². The Morgan fingerprint density at radius 1 is 0.953 bits per heavy atom. The molecule has 3 rings (SSSR count). The smallest absolute Gasteiger partial charge is 0.289 e. The average molecular weight is 599 g/mol. The Morgan fingerprint density at radius 3 is 2.02 bits per heavy atom. The minimum Gasteiger partial charge on any atom is -0.352 e. The fraction of sp³-hybridized carbons (Fsp3) is 0.500. The number of nitrogens with one attached hydrogen (secondary N) is 4. The van der Waals surface area contributed by atoms with Gasteiger partial charge in [-0.2, -0.15) is 0 Å². The first kappa shape index (κ1) is 38.9. The topological polar surface area (TPSA) is 150 Å². The fourth-order valence-corrected chi connectivity index (χ4v) is 3.49. The van der Waals surface area contributed by atoms with Crippen LogP contribution in [0.1, 0.15) is 62.9 Å². The van der Waals surface area contributed by atoms with Crippen LogP contribution in [-0.4, -0.2) is 85.6 Å². The van der Waals surface area contributed by atoms with Crippen molar-refractivity contribution in [3.63, 3.8) is 0 Å². The first-order valence-corrected chi connectivity index (χ1v) is 14.7. The summed E-state index contributed by atoms with van der Waals surface area (Å²) >= 11 is 0. The lowest BCUT2D eigenvalue weighted by Crippen LogP contribution is -2.41. The summed E-state index contributed by atoms with van der Waals surface area (Å²) in [5, 5.41) is 10.00. The summed E-state index contributed by atoms with van der Waals surface area (Å²) in [6.07, 6.45) is 6.80. The molecule has 1 aromatic carbocycles. The highest BCUT2D eigenvalue weighted by Crippen LogP contribution is 2.14. The molecule has 43 heavy (non-hydrogen) atoms. The van der Waals surface area contributed by atoms with E-state index in [0.717, 1.165) is 25.9 Å². The summed E-state index contributed by atoms with van der Waals surface area (Å²) in [7, 11) is 2.07. The summed E-state index contributed by atoms with van der Waals surface area (Å²) in [5.41, 5.74) is 1.81. The normalized spacial score (nSPS) is 12.4. The van der Waals surface area contributed by atoms with Crippen LogP contribution in [0, 0.1) is 12.8 Å². The number of aryl methyl sites for hydroxylation is 1. The molecule has 0 spiro atoms. The van der Waals surface area contributed by atoms with Crippen molar-refractivity contribution in [2.45, 2.75) is 59.9 Å². The maximum absolute atomic E-state index is 11.5. The lowest BCUT2D eigenvalue weighted by Gasteiger charge is -2.28. The first-order valence-electron chi connectivity index (χ1n) is 14.7. The van der Waals surface area contributed by atoms with Crippen LogP contribution in [0.15, 0.2) is 54.9 Å². The molecule has 4 N–H and O–H groups in total. The molecule has 0 atom stereocenters. The SMILES string of the molecule is CC(C)NC(=O)CNC(=O)c1ccncc1.CCC.CN1CCC(CNC(=O)C(=O)CNC=O)CC1.Cc1ccccc1. The molecule has 11 heteroatoms. The molecule has 11 nitrogen and oxygen atoms in total. The zero-order valence-electron chi connectivity index (χ0n) is 26.5. The Bertz CT molecular complexity index is 1060. The number of rotatable bonds is 10. The van der Waals surface area contributed by atoms with Gasteiger partial charge in [0.25, 0.3) is 11.8 Å². The van der Waals surface area contributed by atoms with Crippen LogP contribution in [-0.2, 0) is 19.2 Å². The summed E-state index contributed by atoms with van der Waals surface area (Å²) in [4.78, 5) is 61.3. The average Bonchev–Trinajstić information content (AvgIpc) is 2.99. The number of nitrogens with zero attached hydrogens (tertiary/aromatic N) is 2. The van der Waals surface area contributed by atoms with Gasteiger partial charge in [0, 0.05) is 30.5 Å². The van der Waals surface area contributed by atoms with E-state index in [1.54, 1.807) is 12.1 Å². The molecular weight excluding hydrogens is 548 g/mol. The van der Waals surface area contributed by atoms with Crippen molar-refractivity contribution in [2.75, 3.05) is 39.8 Å². The van der Waals surface area contributed by atoms with E-state index in [0.29, 0.717) is 24.4 Å². The van der Waals surface area contributed by atoms with Crippen molar-refractivity contribution in [1.82, 2.24) is 31.2 Å². The number of carbonyl (C=O) groups is 5. The van der Waals surface area contributed by atoms with Gasteiger partial charge in [0.05, 0.1) is 13.1 Å². The van der Waals surface area contributed by atoms with Crippen molar-refractivity contribution < 1.29 is 24.0 Å². The lowest BCUT2D eigenvalue weighted by molar-refractivity contribution is -0.137. The van der Waals surface area contributed by atoms with Crippen LogP contribution in [0.5, 0.6) is 0 Å². The van der Waals surface area contributed by atoms with Gasteiger partial charge in [-0.25, -0.2) is 0 Å². The molecule has 1 aliphatic heterocycles. The fourth-order valence-electron chi connectivity index (χ4n) is 3.49. The summed E-state index contributed by atoms with van der Waals surface area (Å²) in [6.45, 7) is 12.4. The zero-order chi connectivity index (χ0) is 32.5. The molecule has 1 fully saturated rings. The highest BCUT2D eigenvalue weighted by molar-refractivity contribution is 6.37. The second kappa shape index (κ2) is 24.5. The van der Waals surface area contributed by atoms with E-state index in [9.17, 15) is 24.0 Å². The molecule has 2 aromatic rings. The van der Waals surface area contributed by atoms with Gasteiger partial charge in [0.15, 0.2) is 0 Å². The van der Waals surface area contributed by atoms with Gasteiger partial charge < -0.3 is 26.2 Å². The monoisotopic (exact) mass is 598 g/mol. The lowest BCUT2D eigenvalue weighted by atomic mass is 9.97. The molecular formula is C32H50N6O5. The Kier molecular flexibility index (Phi) is 22.1. The molecule has 0 saturated carbocycles. The van der Waals surface area contributed by atoms with E-state index in [1.165, 1.54) is 24.4 Å². The predicted octanol–water partition coefficient (Wildman–Crippen LogP) is 2.51. The van der Waals surface area contributed by atoms with Gasteiger partial charge in [0.2, 0.25) is 18.1 Å². The maximum Gasteiger partial charge on any atom is 0.289 e. The quantitative estimate of drug-likeness (QED) is 0.243. The highest BCUT2D eigenvalue weighted by atomic mass is 16.2. The molecule has 0 bridgehead atoms. The van der Waals surface area contributed by atoms with Gasteiger partial charge in [-0.3, -0.25) is 29.0 Å². The van der Waals surface area contributed by atoms with Crippen LogP contribution < -0.4 is 21.3 Å². The van der Waals surface area contributed by atoms with Crippen molar-refractivity contribution in [3.05, 3.63) is 66.0 Å². The number of benzene rings is 1. The molecule has 238 valence electrons. The van der Waals surface area contributed by atoms with E-state index in [-0.39, 0.29) is 30.9 Å². The minimum absolute atomic E-state index is 0.0145. The van der Waals surface area contributed by atoms with Crippen LogP contribution >= 0.6 is 0 Å². The van der Waals surface area contributed by atoms with Crippen molar-refractivity contribution in [1.29, 1.82) is 0 Å². The molecule has 1 aliphatic rings. The molecule has 0 aliphatic carbocycles. The van der Waals surface area contributed by atoms with Crippen molar-refractivity contribution >= 4 is 29.9 Å². The summed E-state index contributed by atoms with van der Waals surface area (Å²) in [6, 6.07) is 13.5. The Hall–Kier alpha value is -4.12. The van der Waals surface area contributed by atoms with E-state index >= 15 is 0 Å². The number of aromatic nitrogens is 1. The van der Waals surface area contributed by atoms with E-state index in [1.807, 2.05) is 32.0 Å². The molecule has 2 heterocycles. The van der Waals surface area contributed by atoms with Crippen LogP contribution in [0.3, 0.4) is 0 Å². The number of likely N-dealkylation sites (tertiary alicyclic amines) is 1. The predicted molar refractivity (Wildman–Crippen MR) is 169 cm³/mol. The largest absolute Gasteiger partial charge is 0.352 e. The van der Waals surface area contributed by atoms with Crippen LogP contribution in [0.4, 0.5) is 0 Å². The second-order valence-electron chi connectivity index (χ2n) is 10.4. The van der Waals surface area contributed by atoms with E-state index in [2.05, 4.69) is 71.1 Å². The van der Waals surface area contributed by atoms with Crippen LogP contribution in [0.2, 0.25) is 0 Å². The number of hydrogen-bond acceptors (Lipinski definition) is 7. The Labute approximate surface area is 256 Å². The third-order valence-corrected chi connectivity index (χ3v) is 5.73. The van der Waals surface area contributed by atoms with E-state index < -0.39 is 11.7 Å². The summed E-state index contributed by atoms with van der Waals surface area (Å²) in [5.74, 6) is -1.25. The molecule has 0 unspecified atom stereocenters. The Morgan fingerprint density at radius 2 is 1.53 bits per heavy atom. The molecule has 1 aromatic heterocycles. The maximum atomic E-state index is 11.5. The molecule has 0 radical (unpaired) electrons. The molecule has 4 amide bonds. The van der Waals surface area contributed by atoms with Gasteiger partial charge >= 0.3 is 0 Å². The minimum atomic E-state index is -0.613. The van der Waals surface area contributed by atoms with E-state index in [4.69, 9.17) is 0 Å². The van der Waals surface area contributed by atoms with Gasteiger partial charge in [-0.1, -0.05) is 56.2 Å². The van der Waals surface area contributed by atoms with Crippen LogP contribution in [0.25, 0.3) is 0 Å². The summed E-state index contributed by atoms with van der Waals surface area (Å²) < 4.78 is 0. The number of Topliss-reactive ketones (excluding diaryl/α,β-unsaturated/α-hetero) is 1. The standard InChI is InChI=1S/C11H19N3O3.C11H15N3O2.C7H8.C3H8/c1-14-4-2-9(3-5-14)6-13-11(17)10(16)7-12-8-15;1-8(2)14-10(15)7-13-11(16)9-3-5-12-6-4-9;1-7-5-3-2-4-6-7;1-3-2/h8-9H,2-7H2,1H3,(H,12,15)(H,13,17);3-6,8H,7H2,1-2H3,(H,13,16)(H,14,15);2-6H,1H3;3H2,1-2H3. The third-order valence-electron chi connectivity index (χ3n) is 5.73. The van der Waals surface area contributed by atoms with Crippen molar-refractivity contribution in [2.24, 2.45) is 5.92 Å². The first-order chi connectivity index (χ1) is 20.5. The number of amides is 4.